The van der Waals surface area contributed by atoms with E-state index in [-0.39, 0.29) is 17.9 Å². The molecule has 1 N–H and O–H groups in total. The van der Waals surface area contributed by atoms with Crippen molar-refractivity contribution in [3.63, 3.8) is 0 Å². The van der Waals surface area contributed by atoms with Crippen molar-refractivity contribution in [3.8, 4) is 0 Å². The lowest BCUT2D eigenvalue weighted by Gasteiger charge is -2.15. The SMILES string of the molecule is C=Cc1c2cn(c1C=C)CCC(C)OCCn1cc(c3ccccc31)C1=C2C(=O)NC1=O. The molecule has 2 aromatic heterocycles. The molecule has 3 aromatic rings. The molecule has 4 bridgehead atoms. The smallest absolute Gasteiger partial charge is 0.259 e. The minimum absolute atomic E-state index is 0.0704. The summed E-state index contributed by atoms with van der Waals surface area (Å²) in [5, 5.41) is 3.44. The maximum Gasteiger partial charge on any atom is 0.259 e. The Bertz CT molecular complexity index is 1320. The third-order valence-corrected chi connectivity index (χ3v) is 6.33. The third kappa shape index (κ3) is 3.07. The highest BCUT2D eigenvalue weighted by atomic mass is 16.5. The first-order valence-corrected chi connectivity index (χ1v) is 10.8. The Balaban J connectivity index is 1.86. The molecule has 5 rings (SSSR count). The third-order valence-electron chi connectivity index (χ3n) is 6.33. The Morgan fingerprint density at radius 2 is 1.72 bits per heavy atom. The van der Waals surface area contributed by atoms with Crippen LogP contribution in [0.15, 0.2) is 49.8 Å². The van der Waals surface area contributed by atoms with Crippen LogP contribution in [0.3, 0.4) is 0 Å². The predicted molar refractivity (Wildman–Crippen MR) is 127 cm³/mol. The van der Waals surface area contributed by atoms with Gasteiger partial charge < -0.3 is 13.9 Å². The standard InChI is InChI=1S/C26H25N3O3/c1-4-17-19-14-28(21(17)5-2)11-10-16(3)32-13-12-29-15-20(18-8-6-7-9-22(18)29)24-23(19)25(30)27-26(24)31/h4-9,14-16H,1-2,10-13H2,3H3,(H,27,30,31). The molecule has 0 saturated heterocycles. The molecular weight excluding hydrogens is 402 g/mol. The summed E-state index contributed by atoms with van der Waals surface area (Å²) in [5.41, 5.74) is 4.88. The van der Waals surface area contributed by atoms with Crippen molar-refractivity contribution >= 4 is 46.0 Å². The minimum atomic E-state index is -0.388. The first-order valence-electron chi connectivity index (χ1n) is 10.8. The van der Waals surface area contributed by atoms with E-state index in [0.29, 0.717) is 36.4 Å². The van der Waals surface area contributed by atoms with Crippen molar-refractivity contribution in [1.29, 1.82) is 0 Å². The molecule has 0 saturated carbocycles. The Morgan fingerprint density at radius 1 is 1.00 bits per heavy atom. The van der Waals surface area contributed by atoms with Crippen LogP contribution in [0, 0.1) is 0 Å². The number of para-hydroxylation sites is 1. The number of hydrogen-bond acceptors (Lipinski definition) is 3. The van der Waals surface area contributed by atoms with Gasteiger partial charge in [-0.25, -0.2) is 0 Å². The van der Waals surface area contributed by atoms with Crippen LogP contribution in [0.5, 0.6) is 0 Å². The quantitative estimate of drug-likeness (QED) is 0.626. The van der Waals surface area contributed by atoms with E-state index in [1.54, 1.807) is 12.2 Å². The topological polar surface area (TPSA) is 65.3 Å². The number of amides is 2. The van der Waals surface area contributed by atoms with E-state index in [4.69, 9.17) is 4.74 Å². The number of carbonyl (C=O) groups is 2. The van der Waals surface area contributed by atoms with Gasteiger partial charge >= 0.3 is 0 Å². The Hall–Kier alpha value is -3.64. The predicted octanol–water partition coefficient (Wildman–Crippen LogP) is 4.10. The van der Waals surface area contributed by atoms with E-state index in [9.17, 15) is 9.59 Å². The highest BCUT2D eigenvalue weighted by Crippen LogP contribution is 2.39. The van der Waals surface area contributed by atoms with Crippen molar-refractivity contribution in [1.82, 2.24) is 14.5 Å². The van der Waals surface area contributed by atoms with Crippen molar-refractivity contribution in [2.45, 2.75) is 32.5 Å². The number of aromatic nitrogens is 2. The van der Waals surface area contributed by atoms with Gasteiger partial charge in [0.05, 0.1) is 23.9 Å². The van der Waals surface area contributed by atoms with Crippen LogP contribution >= 0.6 is 0 Å². The van der Waals surface area contributed by atoms with Crippen molar-refractivity contribution in [2.24, 2.45) is 0 Å². The molecule has 2 amide bonds. The zero-order valence-corrected chi connectivity index (χ0v) is 18.1. The monoisotopic (exact) mass is 427 g/mol. The van der Waals surface area contributed by atoms with Crippen LogP contribution in [0.2, 0.25) is 0 Å². The lowest BCUT2D eigenvalue weighted by Crippen LogP contribution is -2.22. The number of imide groups is 1. The molecule has 2 aliphatic rings. The number of fused-ring (bicyclic) bond motifs is 9. The second kappa shape index (κ2) is 7.80. The van der Waals surface area contributed by atoms with Gasteiger partial charge in [0.1, 0.15) is 0 Å². The summed E-state index contributed by atoms with van der Waals surface area (Å²) in [6.45, 7) is 11.9. The zero-order chi connectivity index (χ0) is 22.4. The van der Waals surface area contributed by atoms with Gasteiger partial charge in [-0.1, -0.05) is 37.4 Å². The summed E-state index contributed by atoms with van der Waals surface area (Å²) < 4.78 is 10.2. The summed E-state index contributed by atoms with van der Waals surface area (Å²) in [5.74, 6) is -0.769. The van der Waals surface area contributed by atoms with Gasteiger partial charge in [-0.15, -0.1) is 0 Å². The van der Waals surface area contributed by atoms with Gasteiger partial charge in [-0.3, -0.25) is 14.9 Å². The van der Waals surface area contributed by atoms with Gasteiger partial charge in [-0.05, 0) is 25.5 Å². The van der Waals surface area contributed by atoms with E-state index in [0.717, 1.165) is 34.1 Å². The van der Waals surface area contributed by atoms with Crippen LogP contribution in [0.4, 0.5) is 0 Å². The van der Waals surface area contributed by atoms with Crippen molar-refractivity contribution in [2.75, 3.05) is 6.61 Å². The average molecular weight is 428 g/mol. The van der Waals surface area contributed by atoms with E-state index in [1.165, 1.54) is 0 Å². The normalized spacial score (nSPS) is 19.0. The van der Waals surface area contributed by atoms with Crippen LogP contribution in [-0.2, 0) is 27.4 Å². The molecule has 2 aliphatic heterocycles. The number of ether oxygens (including phenoxy) is 1. The van der Waals surface area contributed by atoms with E-state index >= 15 is 0 Å². The zero-order valence-electron chi connectivity index (χ0n) is 18.1. The van der Waals surface area contributed by atoms with Crippen LogP contribution in [0.1, 0.15) is 35.7 Å². The molecule has 0 radical (unpaired) electrons. The maximum absolute atomic E-state index is 13.0. The van der Waals surface area contributed by atoms with Gasteiger partial charge in [0.2, 0.25) is 0 Å². The number of nitrogens with zero attached hydrogens (tertiary/aromatic N) is 2. The number of carbonyl (C=O) groups excluding carboxylic acids is 2. The molecule has 6 heteroatoms. The molecule has 4 heterocycles. The summed E-state index contributed by atoms with van der Waals surface area (Å²) in [6.07, 6.45) is 8.26. The molecular formula is C26H25N3O3. The van der Waals surface area contributed by atoms with E-state index in [2.05, 4.69) is 34.5 Å². The fraction of sp³-hybridized carbons (Fsp3) is 0.231. The molecule has 32 heavy (non-hydrogen) atoms. The number of aryl methyl sites for hydroxylation is 1. The molecule has 1 aromatic carbocycles. The van der Waals surface area contributed by atoms with Crippen molar-refractivity contribution in [3.05, 3.63) is 72.2 Å². The fourth-order valence-electron chi connectivity index (χ4n) is 4.77. The Labute approximate surface area is 186 Å². The summed E-state index contributed by atoms with van der Waals surface area (Å²) >= 11 is 0. The van der Waals surface area contributed by atoms with Crippen LogP contribution in [0.25, 0.3) is 34.2 Å². The van der Waals surface area contributed by atoms with Gasteiger partial charge in [0, 0.05) is 58.8 Å². The molecule has 1 unspecified atom stereocenters. The molecule has 1 atom stereocenters. The maximum atomic E-state index is 13.0. The van der Waals surface area contributed by atoms with E-state index in [1.807, 2.05) is 36.7 Å². The number of nitrogens with one attached hydrogen (secondary N) is 1. The molecule has 0 spiro atoms. The summed E-state index contributed by atoms with van der Waals surface area (Å²) in [7, 11) is 0. The van der Waals surface area contributed by atoms with Crippen LogP contribution in [-0.4, -0.2) is 33.7 Å². The second-order valence-corrected chi connectivity index (χ2v) is 8.20. The first-order chi connectivity index (χ1) is 15.5. The number of benzene rings is 1. The van der Waals surface area contributed by atoms with Crippen molar-refractivity contribution < 1.29 is 14.3 Å². The molecule has 6 nitrogen and oxygen atoms in total. The molecule has 0 fully saturated rings. The van der Waals surface area contributed by atoms with Gasteiger partial charge in [0.15, 0.2) is 0 Å². The highest BCUT2D eigenvalue weighted by molar-refractivity contribution is 6.50. The second-order valence-electron chi connectivity index (χ2n) is 8.20. The lowest BCUT2D eigenvalue weighted by atomic mass is 9.94. The largest absolute Gasteiger partial charge is 0.377 e. The van der Waals surface area contributed by atoms with E-state index < -0.39 is 0 Å². The highest BCUT2D eigenvalue weighted by Gasteiger charge is 2.36. The first kappa shape index (κ1) is 20.3. The minimum Gasteiger partial charge on any atom is -0.377 e. The fourth-order valence-corrected chi connectivity index (χ4v) is 4.77. The molecule has 0 aliphatic carbocycles. The molecule has 162 valence electrons. The summed E-state index contributed by atoms with van der Waals surface area (Å²) in [4.78, 5) is 26.1. The Kier molecular flexibility index (Phi) is 4.94. The lowest BCUT2D eigenvalue weighted by molar-refractivity contribution is -0.122. The number of hydrogen-bond donors (Lipinski definition) is 1. The van der Waals surface area contributed by atoms with Crippen LogP contribution < -0.4 is 5.32 Å². The summed E-state index contributed by atoms with van der Waals surface area (Å²) in [6, 6.07) is 7.93. The number of rotatable bonds is 2. The Morgan fingerprint density at radius 3 is 2.47 bits per heavy atom. The average Bonchev–Trinajstić information content (AvgIpc) is 3.41. The van der Waals surface area contributed by atoms with Gasteiger partial charge in [-0.2, -0.15) is 0 Å². The van der Waals surface area contributed by atoms with Gasteiger partial charge in [0.25, 0.3) is 11.8 Å².